The number of nitrogens with one attached hydrogen (secondary N) is 2. The van der Waals surface area contributed by atoms with E-state index in [1.807, 2.05) is 29.9 Å². The van der Waals surface area contributed by atoms with Crippen molar-refractivity contribution in [2.24, 2.45) is 0 Å². The van der Waals surface area contributed by atoms with Crippen LogP contribution in [0.3, 0.4) is 0 Å². The van der Waals surface area contributed by atoms with E-state index in [1.165, 1.54) is 6.07 Å². The van der Waals surface area contributed by atoms with Crippen LogP contribution in [-0.2, 0) is 11.2 Å². The number of carbonyl (C=O) groups is 1. The highest BCUT2D eigenvalue weighted by molar-refractivity contribution is 7.08. The third-order valence-corrected chi connectivity index (χ3v) is 4.30. The van der Waals surface area contributed by atoms with E-state index in [0.717, 1.165) is 11.1 Å². The van der Waals surface area contributed by atoms with Crippen molar-refractivity contribution >= 4 is 22.9 Å². The summed E-state index contributed by atoms with van der Waals surface area (Å²) in [5, 5.41) is 9.88. The van der Waals surface area contributed by atoms with Crippen LogP contribution in [0.15, 0.2) is 29.0 Å². The fourth-order valence-corrected chi connectivity index (χ4v) is 3.27. The summed E-state index contributed by atoms with van der Waals surface area (Å²) in [5.74, 6) is -0.343. The van der Waals surface area contributed by atoms with Gasteiger partial charge in [0, 0.05) is 17.7 Å². The number of benzene rings is 1. The number of halogens is 1. The summed E-state index contributed by atoms with van der Waals surface area (Å²) in [6.45, 7) is 0. The Morgan fingerprint density at radius 1 is 1.40 bits per heavy atom. The number of thiophene rings is 1. The maximum atomic E-state index is 14.3. The van der Waals surface area contributed by atoms with Crippen molar-refractivity contribution in [3.05, 3.63) is 51.5 Å². The Kier molecular flexibility index (Phi) is 3.54. The minimum Gasteiger partial charge on any atom is -0.326 e. The minimum atomic E-state index is -0.295. The molecular weight excluding hydrogens is 275 g/mol. The molecule has 1 amide bonds. The van der Waals surface area contributed by atoms with Crippen molar-refractivity contribution in [3.8, 4) is 0 Å². The molecule has 2 heterocycles. The number of hydrogen-bond donors (Lipinski definition) is 2. The molecule has 0 saturated heterocycles. The average molecular weight is 290 g/mol. The predicted octanol–water partition coefficient (Wildman–Crippen LogP) is 3.08. The lowest BCUT2D eigenvalue weighted by atomic mass is 9.94. The lowest BCUT2D eigenvalue weighted by molar-refractivity contribution is -0.116. The van der Waals surface area contributed by atoms with E-state index in [0.29, 0.717) is 24.1 Å². The van der Waals surface area contributed by atoms with E-state index in [9.17, 15) is 9.18 Å². The molecule has 5 heteroatoms. The Morgan fingerprint density at radius 2 is 2.25 bits per heavy atom. The molecule has 0 radical (unpaired) electrons. The van der Waals surface area contributed by atoms with Gasteiger partial charge >= 0.3 is 0 Å². The molecule has 0 spiro atoms. The molecule has 1 aromatic carbocycles. The van der Waals surface area contributed by atoms with E-state index in [-0.39, 0.29) is 17.8 Å². The van der Waals surface area contributed by atoms with Gasteiger partial charge in [-0.2, -0.15) is 11.3 Å². The Bertz CT molecular complexity index is 640. The molecule has 0 aliphatic carbocycles. The summed E-state index contributed by atoms with van der Waals surface area (Å²) in [5.41, 5.74) is 3.27. The van der Waals surface area contributed by atoms with E-state index < -0.39 is 0 Å². The number of anilines is 1. The maximum absolute atomic E-state index is 14.3. The van der Waals surface area contributed by atoms with E-state index >= 15 is 0 Å². The maximum Gasteiger partial charge on any atom is 0.224 e. The second-order valence-electron chi connectivity index (χ2n) is 4.86. The number of hydrogen-bond acceptors (Lipinski definition) is 3. The Balaban J connectivity index is 2.03. The van der Waals surface area contributed by atoms with Gasteiger partial charge in [-0.1, -0.05) is 0 Å². The van der Waals surface area contributed by atoms with Gasteiger partial charge in [0.25, 0.3) is 0 Å². The van der Waals surface area contributed by atoms with E-state index in [2.05, 4.69) is 10.6 Å². The Hall–Kier alpha value is -1.72. The van der Waals surface area contributed by atoms with Crippen LogP contribution in [0.5, 0.6) is 0 Å². The summed E-state index contributed by atoms with van der Waals surface area (Å²) < 4.78 is 14.3. The molecule has 1 aliphatic rings. The zero-order valence-corrected chi connectivity index (χ0v) is 11.9. The Morgan fingerprint density at radius 3 is 2.95 bits per heavy atom. The molecule has 2 aromatic rings. The molecule has 104 valence electrons. The van der Waals surface area contributed by atoms with Gasteiger partial charge in [0.05, 0.1) is 6.04 Å². The molecule has 1 atom stereocenters. The van der Waals surface area contributed by atoms with Crippen LogP contribution in [0.25, 0.3) is 0 Å². The average Bonchev–Trinajstić information content (AvgIpc) is 2.94. The standard InChI is InChI=1S/C15H15FN2OS/c1-17-15(10-4-5-20-8-10)11-6-9-2-3-14(19)18-13(9)7-12(11)16/h4-8,15,17H,2-3H2,1H3,(H,18,19). The molecule has 3 nitrogen and oxygen atoms in total. The molecule has 1 aliphatic heterocycles. The molecule has 3 rings (SSSR count). The summed E-state index contributed by atoms with van der Waals surface area (Å²) >= 11 is 1.59. The molecule has 0 saturated carbocycles. The highest BCUT2D eigenvalue weighted by atomic mass is 32.1. The Labute approximate surface area is 120 Å². The van der Waals surface area contributed by atoms with Crippen molar-refractivity contribution in [1.29, 1.82) is 0 Å². The number of rotatable bonds is 3. The van der Waals surface area contributed by atoms with Crippen LogP contribution < -0.4 is 10.6 Å². The highest BCUT2D eigenvalue weighted by Gasteiger charge is 2.22. The van der Waals surface area contributed by atoms with E-state index in [1.54, 1.807) is 11.3 Å². The van der Waals surface area contributed by atoms with Gasteiger partial charge in [-0.05, 0) is 53.6 Å². The fraction of sp³-hybridized carbons (Fsp3) is 0.267. The number of carbonyl (C=O) groups excluding carboxylic acids is 1. The minimum absolute atomic E-state index is 0.0485. The van der Waals surface area contributed by atoms with E-state index in [4.69, 9.17) is 0 Å². The molecule has 1 unspecified atom stereocenters. The first-order chi connectivity index (χ1) is 9.69. The quantitative estimate of drug-likeness (QED) is 0.912. The van der Waals surface area contributed by atoms with Gasteiger partial charge in [-0.25, -0.2) is 4.39 Å². The van der Waals surface area contributed by atoms with Crippen LogP contribution in [-0.4, -0.2) is 13.0 Å². The van der Waals surface area contributed by atoms with Crippen LogP contribution in [0, 0.1) is 5.82 Å². The van der Waals surface area contributed by atoms with Crippen LogP contribution in [0.2, 0.25) is 0 Å². The largest absolute Gasteiger partial charge is 0.326 e. The van der Waals surface area contributed by atoms with Crippen LogP contribution >= 0.6 is 11.3 Å². The third kappa shape index (κ3) is 2.34. The molecule has 0 bridgehead atoms. The molecule has 1 aromatic heterocycles. The normalized spacial score (nSPS) is 15.6. The van der Waals surface area contributed by atoms with Gasteiger partial charge in [0.15, 0.2) is 0 Å². The predicted molar refractivity (Wildman–Crippen MR) is 78.6 cm³/mol. The lowest BCUT2D eigenvalue weighted by Crippen LogP contribution is -2.22. The van der Waals surface area contributed by atoms with Gasteiger partial charge < -0.3 is 10.6 Å². The van der Waals surface area contributed by atoms with Gasteiger partial charge in [0.1, 0.15) is 5.82 Å². The van der Waals surface area contributed by atoms with Crippen molar-refractivity contribution < 1.29 is 9.18 Å². The SMILES string of the molecule is CNC(c1ccsc1)c1cc2c(cc1F)NC(=O)CC2. The topological polar surface area (TPSA) is 41.1 Å². The summed E-state index contributed by atoms with van der Waals surface area (Å²) in [6, 6.07) is 5.12. The first kappa shape index (κ1) is 13.3. The second-order valence-corrected chi connectivity index (χ2v) is 5.64. The third-order valence-electron chi connectivity index (χ3n) is 3.59. The zero-order valence-electron chi connectivity index (χ0n) is 11.1. The number of fused-ring (bicyclic) bond motifs is 1. The molecule has 2 N–H and O–H groups in total. The summed E-state index contributed by atoms with van der Waals surface area (Å²) in [4.78, 5) is 11.4. The van der Waals surface area contributed by atoms with Gasteiger partial charge in [-0.3, -0.25) is 4.79 Å². The molecule has 20 heavy (non-hydrogen) atoms. The molecular formula is C15H15FN2OS. The van der Waals surface area contributed by atoms with Gasteiger partial charge in [-0.15, -0.1) is 0 Å². The zero-order chi connectivity index (χ0) is 14.1. The number of amides is 1. The fourth-order valence-electron chi connectivity index (χ4n) is 2.58. The van der Waals surface area contributed by atoms with Crippen molar-refractivity contribution in [3.63, 3.8) is 0 Å². The van der Waals surface area contributed by atoms with Crippen LogP contribution in [0.4, 0.5) is 10.1 Å². The van der Waals surface area contributed by atoms with Crippen LogP contribution in [0.1, 0.15) is 29.2 Å². The highest BCUT2D eigenvalue weighted by Crippen LogP contribution is 2.32. The van der Waals surface area contributed by atoms with Crippen molar-refractivity contribution in [2.75, 3.05) is 12.4 Å². The first-order valence-electron chi connectivity index (χ1n) is 6.50. The van der Waals surface area contributed by atoms with Crippen molar-refractivity contribution in [1.82, 2.24) is 5.32 Å². The smallest absolute Gasteiger partial charge is 0.224 e. The lowest BCUT2D eigenvalue weighted by Gasteiger charge is -2.22. The van der Waals surface area contributed by atoms with Crippen molar-refractivity contribution in [2.45, 2.75) is 18.9 Å². The molecule has 0 fully saturated rings. The summed E-state index contributed by atoms with van der Waals surface area (Å²) in [6.07, 6.45) is 1.12. The first-order valence-corrected chi connectivity index (χ1v) is 7.45. The second kappa shape index (κ2) is 5.34. The van der Waals surface area contributed by atoms with Gasteiger partial charge in [0.2, 0.25) is 5.91 Å². The monoisotopic (exact) mass is 290 g/mol. The summed E-state index contributed by atoms with van der Waals surface area (Å²) in [7, 11) is 1.82. The number of aryl methyl sites for hydroxylation is 1.